The van der Waals surface area contributed by atoms with Crippen LogP contribution < -0.4 is 0 Å². The molecule has 0 radical (unpaired) electrons. The van der Waals surface area contributed by atoms with Gasteiger partial charge in [-0.2, -0.15) is 0 Å². The number of fused-ring (bicyclic) bond motifs is 5. The van der Waals surface area contributed by atoms with E-state index in [2.05, 4.69) is 13.0 Å². The molecule has 0 N–H and O–H groups in total. The Morgan fingerprint density at radius 1 is 1.45 bits per heavy atom. The van der Waals surface area contributed by atoms with Crippen LogP contribution in [0.4, 0.5) is 0 Å². The van der Waals surface area contributed by atoms with E-state index in [4.69, 9.17) is 0 Å². The van der Waals surface area contributed by atoms with Gasteiger partial charge in [0.2, 0.25) is 0 Å². The van der Waals surface area contributed by atoms with Gasteiger partial charge < -0.3 is 0 Å². The third kappa shape index (κ3) is 0.617. The minimum Gasteiger partial charge on any atom is -0.0845 e. The van der Waals surface area contributed by atoms with Gasteiger partial charge in [0.05, 0.1) is 0 Å². The summed E-state index contributed by atoms with van der Waals surface area (Å²) in [4.78, 5) is 0. The van der Waals surface area contributed by atoms with E-state index in [1.807, 2.05) is 5.57 Å². The number of rotatable bonds is 0. The lowest BCUT2D eigenvalue weighted by Gasteiger charge is -2.27. The summed E-state index contributed by atoms with van der Waals surface area (Å²) in [5.74, 6) is 2.13. The molecule has 3 atom stereocenters. The van der Waals surface area contributed by atoms with Crippen LogP contribution >= 0.6 is 0 Å². The SMILES string of the molecule is CC12CCC(C1)C1CCC=C12. The summed E-state index contributed by atoms with van der Waals surface area (Å²) >= 11 is 0. The zero-order valence-electron chi connectivity index (χ0n) is 7.27. The van der Waals surface area contributed by atoms with Crippen LogP contribution in [-0.4, -0.2) is 0 Å². The van der Waals surface area contributed by atoms with Gasteiger partial charge in [-0.1, -0.05) is 18.6 Å². The quantitative estimate of drug-likeness (QED) is 0.463. The Kier molecular flexibility index (Phi) is 0.987. The van der Waals surface area contributed by atoms with E-state index in [1.165, 1.54) is 32.1 Å². The molecule has 0 aromatic carbocycles. The second-order valence-electron chi connectivity index (χ2n) is 4.91. The fraction of sp³-hybridized carbons (Fsp3) is 0.818. The molecule has 3 rings (SSSR count). The first-order valence-electron chi connectivity index (χ1n) is 5.00. The van der Waals surface area contributed by atoms with Gasteiger partial charge in [0.25, 0.3) is 0 Å². The van der Waals surface area contributed by atoms with Crippen molar-refractivity contribution in [2.45, 2.75) is 39.0 Å². The molecule has 0 nitrogen and oxygen atoms in total. The second kappa shape index (κ2) is 1.73. The minimum atomic E-state index is 0.672. The highest BCUT2D eigenvalue weighted by Gasteiger charge is 2.51. The highest BCUT2D eigenvalue weighted by atomic mass is 14.6. The maximum Gasteiger partial charge on any atom is -0.0111 e. The van der Waals surface area contributed by atoms with Gasteiger partial charge >= 0.3 is 0 Å². The Bertz CT molecular complexity index is 226. The molecule has 0 heterocycles. The van der Waals surface area contributed by atoms with E-state index in [0.717, 1.165) is 11.8 Å². The van der Waals surface area contributed by atoms with Crippen molar-refractivity contribution in [2.24, 2.45) is 17.3 Å². The van der Waals surface area contributed by atoms with Crippen LogP contribution in [0.15, 0.2) is 11.6 Å². The highest BCUT2D eigenvalue weighted by molar-refractivity contribution is 5.30. The van der Waals surface area contributed by atoms with Crippen molar-refractivity contribution < 1.29 is 0 Å². The lowest BCUT2D eigenvalue weighted by molar-refractivity contribution is 0.378. The Morgan fingerprint density at radius 2 is 2.36 bits per heavy atom. The summed E-state index contributed by atoms with van der Waals surface area (Å²) in [5.41, 5.74) is 2.53. The predicted octanol–water partition coefficient (Wildman–Crippen LogP) is 3.14. The fourth-order valence-electron chi connectivity index (χ4n) is 3.80. The Balaban J connectivity index is 2.08. The van der Waals surface area contributed by atoms with Gasteiger partial charge in [0.1, 0.15) is 0 Å². The lowest BCUT2D eigenvalue weighted by Crippen LogP contribution is -2.16. The largest absolute Gasteiger partial charge is 0.0845 e. The molecular formula is C11H16. The third-order valence-corrected chi connectivity index (χ3v) is 4.29. The topological polar surface area (TPSA) is 0 Å². The van der Waals surface area contributed by atoms with Gasteiger partial charge in [0, 0.05) is 0 Å². The van der Waals surface area contributed by atoms with Crippen LogP contribution in [0.2, 0.25) is 0 Å². The van der Waals surface area contributed by atoms with Crippen molar-refractivity contribution in [1.29, 1.82) is 0 Å². The zero-order valence-corrected chi connectivity index (χ0v) is 7.27. The summed E-state index contributed by atoms with van der Waals surface area (Å²) < 4.78 is 0. The molecule has 3 aliphatic carbocycles. The lowest BCUT2D eigenvalue weighted by atomic mass is 9.78. The maximum absolute atomic E-state index is 2.55. The first kappa shape index (κ1) is 6.28. The van der Waals surface area contributed by atoms with Gasteiger partial charge in [0.15, 0.2) is 0 Å². The van der Waals surface area contributed by atoms with Gasteiger partial charge in [-0.15, -0.1) is 0 Å². The van der Waals surface area contributed by atoms with E-state index in [9.17, 15) is 0 Å². The molecule has 0 spiro atoms. The molecule has 60 valence electrons. The van der Waals surface area contributed by atoms with Crippen LogP contribution in [-0.2, 0) is 0 Å². The third-order valence-electron chi connectivity index (χ3n) is 4.29. The molecule has 0 heteroatoms. The Hall–Kier alpha value is -0.260. The van der Waals surface area contributed by atoms with E-state index < -0.39 is 0 Å². The van der Waals surface area contributed by atoms with E-state index in [1.54, 1.807) is 0 Å². The molecule has 2 fully saturated rings. The number of allylic oxidation sites excluding steroid dienone is 2. The molecule has 11 heavy (non-hydrogen) atoms. The first-order valence-corrected chi connectivity index (χ1v) is 5.00. The second-order valence-corrected chi connectivity index (χ2v) is 4.91. The maximum atomic E-state index is 2.55. The Labute approximate surface area is 68.7 Å². The average molecular weight is 148 g/mol. The molecule has 0 aliphatic heterocycles. The molecule has 3 aliphatic rings. The fourth-order valence-corrected chi connectivity index (χ4v) is 3.80. The molecule has 2 bridgehead atoms. The number of hydrogen-bond acceptors (Lipinski definition) is 0. The molecule has 0 saturated heterocycles. The summed E-state index contributed by atoms with van der Waals surface area (Å²) in [6, 6.07) is 0. The van der Waals surface area contributed by atoms with Gasteiger partial charge in [-0.25, -0.2) is 0 Å². The summed E-state index contributed by atoms with van der Waals surface area (Å²) in [6.07, 6.45) is 9.94. The molecule has 3 unspecified atom stereocenters. The summed E-state index contributed by atoms with van der Waals surface area (Å²) in [5, 5.41) is 0. The van der Waals surface area contributed by atoms with Crippen LogP contribution in [0.5, 0.6) is 0 Å². The normalized spacial score (nSPS) is 53.0. The van der Waals surface area contributed by atoms with Crippen LogP contribution in [0.1, 0.15) is 39.0 Å². The molecule has 2 saturated carbocycles. The minimum absolute atomic E-state index is 0.672. The van der Waals surface area contributed by atoms with Crippen LogP contribution in [0, 0.1) is 17.3 Å². The standard InChI is InChI=1S/C11H16/c1-11-6-5-8(7-11)9-3-2-4-10(9)11/h4,8-9H,2-3,5-7H2,1H3. The molecule has 0 amide bonds. The van der Waals surface area contributed by atoms with Gasteiger partial charge in [-0.05, 0) is 49.4 Å². The van der Waals surface area contributed by atoms with Crippen molar-refractivity contribution >= 4 is 0 Å². The predicted molar refractivity (Wildman–Crippen MR) is 46.3 cm³/mol. The monoisotopic (exact) mass is 148 g/mol. The van der Waals surface area contributed by atoms with Crippen molar-refractivity contribution in [3.63, 3.8) is 0 Å². The van der Waals surface area contributed by atoms with Crippen molar-refractivity contribution in [3.8, 4) is 0 Å². The average Bonchev–Trinajstić information content (AvgIpc) is 2.53. The highest BCUT2D eigenvalue weighted by Crippen LogP contribution is 2.63. The van der Waals surface area contributed by atoms with Crippen molar-refractivity contribution in [2.75, 3.05) is 0 Å². The summed E-state index contributed by atoms with van der Waals surface area (Å²) in [7, 11) is 0. The molecule has 0 aromatic heterocycles. The van der Waals surface area contributed by atoms with Gasteiger partial charge in [-0.3, -0.25) is 0 Å². The van der Waals surface area contributed by atoms with Crippen molar-refractivity contribution in [1.82, 2.24) is 0 Å². The van der Waals surface area contributed by atoms with E-state index >= 15 is 0 Å². The zero-order chi connectivity index (χ0) is 7.47. The smallest absolute Gasteiger partial charge is 0.0111 e. The molecular weight excluding hydrogens is 132 g/mol. The number of hydrogen-bond donors (Lipinski definition) is 0. The first-order chi connectivity index (χ1) is 5.30. The van der Waals surface area contributed by atoms with E-state index in [-0.39, 0.29) is 0 Å². The Morgan fingerprint density at radius 3 is 3.18 bits per heavy atom. The summed E-state index contributed by atoms with van der Waals surface area (Å²) in [6.45, 7) is 2.49. The van der Waals surface area contributed by atoms with E-state index in [0.29, 0.717) is 5.41 Å². The van der Waals surface area contributed by atoms with Crippen molar-refractivity contribution in [3.05, 3.63) is 11.6 Å². The van der Waals surface area contributed by atoms with Crippen LogP contribution in [0.25, 0.3) is 0 Å². The van der Waals surface area contributed by atoms with Crippen LogP contribution in [0.3, 0.4) is 0 Å². The molecule has 0 aromatic rings.